The van der Waals surface area contributed by atoms with Crippen molar-refractivity contribution in [2.24, 2.45) is 0 Å². The van der Waals surface area contributed by atoms with Gasteiger partial charge in [0, 0.05) is 49.3 Å². The van der Waals surface area contributed by atoms with Gasteiger partial charge < -0.3 is 10.0 Å². The summed E-state index contributed by atoms with van der Waals surface area (Å²) in [5.41, 5.74) is 11.0. The first-order valence-electron chi connectivity index (χ1n) is 17.6. The molecule has 1 saturated carbocycles. The Morgan fingerprint density at radius 1 is 0.765 bits per heavy atom. The summed E-state index contributed by atoms with van der Waals surface area (Å²) in [7, 11) is 0. The first-order valence-corrected chi connectivity index (χ1v) is 18.4. The number of Topliss-reactive ketones (excluding diaryl/α,β-unsaturated/α-hetero) is 2. The standard InChI is InChI=1S/C45H33NO4S/c1-45(2)37-12-6-5-9-28(37)32-21-25(15-18-38(32)45)46-39-13-7-11-29(39)34-23-33(27-8-3-4-10-30(27)41(34)46)40-19-16-26(51-40)22-36-42(47)31-17-14-24(44(49)50)20-35(31)43(36)48/h3-6,8-10,12,14-23,29,39H,7,11,13H2,1-2H3,(H,49,50)/b36-22+. The van der Waals surface area contributed by atoms with Gasteiger partial charge in [0.05, 0.1) is 16.8 Å². The zero-order chi connectivity index (χ0) is 34.8. The molecular formula is C45H33NO4S. The highest BCUT2D eigenvalue weighted by molar-refractivity contribution is 7.16. The number of ketones is 2. The highest BCUT2D eigenvalue weighted by atomic mass is 32.1. The number of fused-ring (bicyclic) bond motifs is 9. The van der Waals surface area contributed by atoms with Crippen LogP contribution in [0.25, 0.3) is 38.4 Å². The number of rotatable bonds is 4. The number of anilines is 2. The molecule has 1 aliphatic heterocycles. The maximum Gasteiger partial charge on any atom is 0.335 e. The van der Waals surface area contributed by atoms with Gasteiger partial charge in [-0.25, -0.2) is 4.79 Å². The van der Waals surface area contributed by atoms with E-state index in [9.17, 15) is 19.5 Å². The smallest absolute Gasteiger partial charge is 0.335 e. The molecule has 0 bridgehead atoms. The molecule has 3 aliphatic carbocycles. The molecule has 1 N–H and O–H groups in total. The lowest BCUT2D eigenvalue weighted by atomic mass is 9.82. The fourth-order valence-corrected chi connectivity index (χ4v) is 10.4. The third-order valence-corrected chi connectivity index (χ3v) is 12.8. The van der Waals surface area contributed by atoms with E-state index in [1.54, 1.807) is 17.4 Å². The molecule has 6 aromatic rings. The minimum absolute atomic E-state index is 0.00781. The zero-order valence-electron chi connectivity index (χ0n) is 28.2. The molecule has 0 saturated heterocycles. The number of carboxylic acids is 1. The number of carbonyl (C=O) groups excluding carboxylic acids is 2. The van der Waals surface area contributed by atoms with E-state index in [1.165, 1.54) is 74.6 Å². The normalized spacial score (nSPS) is 20.1. The molecule has 4 aliphatic rings. The van der Waals surface area contributed by atoms with Gasteiger partial charge in [-0.05, 0) is 106 Å². The summed E-state index contributed by atoms with van der Waals surface area (Å²) < 4.78 is 0. The van der Waals surface area contributed by atoms with E-state index >= 15 is 0 Å². The van der Waals surface area contributed by atoms with Crippen LogP contribution in [0.5, 0.6) is 0 Å². The van der Waals surface area contributed by atoms with Crippen LogP contribution in [0, 0.1) is 0 Å². The van der Waals surface area contributed by atoms with Gasteiger partial charge in [-0.3, -0.25) is 9.59 Å². The molecule has 0 amide bonds. The summed E-state index contributed by atoms with van der Waals surface area (Å²) >= 11 is 1.56. The van der Waals surface area contributed by atoms with Gasteiger partial charge in [-0.2, -0.15) is 0 Å². The van der Waals surface area contributed by atoms with E-state index in [1.807, 2.05) is 6.07 Å². The first-order chi connectivity index (χ1) is 24.7. The van der Waals surface area contributed by atoms with Gasteiger partial charge in [0.2, 0.25) is 0 Å². The van der Waals surface area contributed by atoms with Crippen molar-refractivity contribution in [3.8, 4) is 21.6 Å². The SMILES string of the molecule is CC1(C)c2ccccc2-c2cc(N3c4c(cc(-c5ccc(/C=C6\C(=O)c7ccc(C(=O)O)cc7C6=O)s5)c5ccccc45)C4CCCC43)ccc21. The molecule has 248 valence electrons. The third-order valence-electron chi connectivity index (χ3n) is 11.8. The number of carbonyl (C=O) groups is 3. The maximum atomic E-state index is 13.3. The lowest BCUT2D eigenvalue weighted by Gasteiger charge is -2.29. The lowest BCUT2D eigenvalue weighted by molar-refractivity contribution is 0.0696. The van der Waals surface area contributed by atoms with Crippen LogP contribution in [0.1, 0.15) is 91.7 Å². The molecule has 5 aromatic carbocycles. The Labute approximate surface area is 299 Å². The topological polar surface area (TPSA) is 74.7 Å². The van der Waals surface area contributed by atoms with Crippen LogP contribution >= 0.6 is 11.3 Å². The Balaban J connectivity index is 1.07. The highest BCUT2D eigenvalue weighted by Gasteiger charge is 2.44. The molecule has 6 heteroatoms. The number of benzene rings is 5. The van der Waals surface area contributed by atoms with Crippen molar-refractivity contribution in [3.05, 3.63) is 147 Å². The van der Waals surface area contributed by atoms with Crippen molar-refractivity contribution in [1.29, 1.82) is 0 Å². The van der Waals surface area contributed by atoms with Crippen LogP contribution in [0.2, 0.25) is 0 Å². The van der Waals surface area contributed by atoms with Gasteiger partial charge >= 0.3 is 5.97 Å². The number of aromatic carboxylic acids is 1. The van der Waals surface area contributed by atoms with E-state index in [2.05, 4.69) is 97.6 Å². The van der Waals surface area contributed by atoms with Gasteiger partial charge in [-0.1, -0.05) is 74.9 Å². The molecular weight excluding hydrogens is 651 g/mol. The highest BCUT2D eigenvalue weighted by Crippen LogP contribution is 2.58. The molecule has 10 rings (SSSR count). The Bertz CT molecular complexity index is 2590. The molecule has 1 aromatic heterocycles. The minimum atomic E-state index is -1.13. The maximum absolute atomic E-state index is 13.3. The van der Waals surface area contributed by atoms with Crippen LogP contribution < -0.4 is 4.90 Å². The van der Waals surface area contributed by atoms with E-state index < -0.39 is 11.8 Å². The quantitative estimate of drug-likeness (QED) is 0.148. The predicted octanol–water partition coefficient (Wildman–Crippen LogP) is 10.8. The summed E-state index contributed by atoms with van der Waals surface area (Å²) in [5, 5.41) is 11.8. The lowest BCUT2D eigenvalue weighted by Crippen LogP contribution is -2.26. The van der Waals surface area contributed by atoms with Gasteiger partial charge in [0.25, 0.3) is 0 Å². The Morgan fingerprint density at radius 3 is 2.37 bits per heavy atom. The molecule has 2 unspecified atom stereocenters. The number of carboxylic acid groups (broad SMARTS) is 1. The van der Waals surface area contributed by atoms with Crippen molar-refractivity contribution < 1.29 is 19.5 Å². The van der Waals surface area contributed by atoms with Crippen molar-refractivity contribution in [2.75, 3.05) is 4.90 Å². The molecule has 1 fully saturated rings. The summed E-state index contributed by atoms with van der Waals surface area (Å²) in [6.45, 7) is 4.66. The van der Waals surface area contributed by atoms with Crippen LogP contribution in [-0.4, -0.2) is 28.7 Å². The average molecular weight is 684 g/mol. The molecule has 2 atom stereocenters. The molecule has 5 nitrogen and oxygen atoms in total. The van der Waals surface area contributed by atoms with Crippen LogP contribution in [0.15, 0.2) is 109 Å². The zero-order valence-corrected chi connectivity index (χ0v) is 29.0. The van der Waals surface area contributed by atoms with E-state index in [4.69, 9.17) is 0 Å². The van der Waals surface area contributed by atoms with Crippen molar-refractivity contribution in [2.45, 2.75) is 50.5 Å². The number of allylic oxidation sites excluding steroid dienone is 1. The monoisotopic (exact) mass is 683 g/mol. The Hall–Kier alpha value is -5.59. The largest absolute Gasteiger partial charge is 0.478 e. The molecule has 0 radical (unpaired) electrons. The molecule has 2 heterocycles. The first kappa shape index (κ1) is 30.3. The van der Waals surface area contributed by atoms with Gasteiger partial charge in [0.15, 0.2) is 11.6 Å². The fourth-order valence-electron chi connectivity index (χ4n) is 9.40. The van der Waals surface area contributed by atoms with E-state index in [-0.39, 0.29) is 33.5 Å². The predicted molar refractivity (Wildman–Crippen MR) is 204 cm³/mol. The summed E-state index contributed by atoms with van der Waals surface area (Å²) in [6, 6.07) is 35.6. The number of thiophene rings is 1. The van der Waals surface area contributed by atoms with Crippen molar-refractivity contribution >= 4 is 57.1 Å². The summed E-state index contributed by atoms with van der Waals surface area (Å²) in [6.07, 6.45) is 5.17. The van der Waals surface area contributed by atoms with Gasteiger partial charge in [0.1, 0.15) is 0 Å². The second-order valence-electron chi connectivity index (χ2n) is 14.8. The summed E-state index contributed by atoms with van der Waals surface area (Å²) in [4.78, 5) is 42.6. The van der Waals surface area contributed by atoms with Crippen LogP contribution in [0.4, 0.5) is 11.4 Å². The second kappa shape index (κ2) is 10.7. The third kappa shape index (κ3) is 4.23. The molecule has 0 spiro atoms. The van der Waals surface area contributed by atoms with Crippen molar-refractivity contribution in [1.82, 2.24) is 0 Å². The average Bonchev–Trinajstić information content (AvgIpc) is 3.95. The van der Waals surface area contributed by atoms with E-state index in [0.717, 1.165) is 28.2 Å². The minimum Gasteiger partial charge on any atom is -0.478 e. The number of hydrogen-bond acceptors (Lipinski definition) is 5. The Morgan fingerprint density at radius 2 is 1.53 bits per heavy atom. The second-order valence-corrected chi connectivity index (χ2v) is 15.9. The van der Waals surface area contributed by atoms with Crippen LogP contribution in [-0.2, 0) is 5.41 Å². The van der Waals surface area contributed by atoms with E-state index in [0.29, 0.717) is 12.0 Å². The number of hydrogen-bond donors (Lipinski definition) is 1. The Kier molecular flexibility index (Phi) is 6.35. The fraction of sp³-hybridized carbons (Fsp3) is 0.178. The molecule has 51 heavy (non-hydrogen) atoms. The van der Waals surface area contributed by atoms with Gasteiger partial charge in [-0.15, -0.1) is 11.3 Å². The van der Waals surface area contributed by atoms with Crippen molar-refractivity contribution in [3.63, 3.8) is 0 Å². The van der Waals surface area contributed by atoms with Crippen LogP contribution in [0.3, 0.4) is 0 Å². The number of nitrogens with zero attached hydrogens (tertiary/aromatic N) is 1. The summed E-state index contributed by atoms with van der Waals surface area (Å²) in [5.74, 6) is -1.49.